The second kappa shape index (κ2) is 20.7. The molecule has 0 saturated carbocycles. The molecule has 28 heavy (non-hydrogen) atoms. The Morgan fingerprint density at radius 1 is 0.679 bits per heavy atom. The summed E-state index contributed by atoms with van der Waals surface area (Å²) in [6, 6.07) is 0. The van der Waals surface area contributed by atoms with Crippen LogP contribution in [0.5, 0.6) is 0 Å². The third kappa shape index (κ3) is 17.1. The second-order valence-corrected chi connectivity index (χ2v) is 7.95. The standard InChI is InChI=1S/C22H44O2.C2H4O2/c1-5-9-12-15-18-22(21(23)24-8-4,19-16-13-10-6-2)20-17-14-11-7-3;1-2(3)4/h5-20H2,1-4H3;1H3,(H,3,4). The zero-order valence-electron chi connectivity index (χ0n) is 19.5. The van der Waals surface area contributed by atoms with Crippen LogP contribution in [0.25, 0.3) is 0 Å². The molecule has 0 amide bonds. The van der Waals surface area contributed by atoms with Gasteiger partial charge in [-0.25, -0.2) is 0 Å². The Labute approximate surface area is 174 Å². The molecule has 0 radical (unpaired) electrons. The van der Waals surface area contributed by atoms with E-state index in [1.54, 1.807) is 0 Å². The van der Waals surface area contributed by atoms with Crippen molar-refractivity contribution in [2.45, 2.75) is 131 Å². The third-order valence-corrected chi connectivity index (χ3v) is 5.24. The quantitative estimate of drug-likeness (QED) is 0.202. The first kappa shape index (κ1) is 29.1. The van der Waals surface area contributed by atoms with Gasteiger partial charge in [0.25, 0.3) is 5.97 Å². The van der Waals surface area contributed by atoms with Crippen molar-refractivity contribution < 1.29 is 19.4 Å². The Morgan fingerprint density at radius 2 is 1.00 bits per heavy atom. The number of carboxylic acids is 1. The van der Waals surface area contributed by atoms with Gasteiger partial charge in [-0.2, -0.15) is 0 Å². The minimum absolute atomic E-state index is 0.0921. The maximum Gasteiger partial charge on any atom is 0.312 e. The summed E-state index contributed by atoms with van der Waals surface area (Å²) in [4.78, 5) is 21.8. The molecule has 0 aliphatic carbocycles. The van der Waals surface area contributed by atoms with Crippen LogP contribution >= 0.6 is 0 Å². The summed E-state index contributed by atoms with van der Waals surface area (Å²) in [6.07, 6.45) is 18.0. The van der Waals surface area contributed by atoms with E-state index in [2.05, 4.69) is 20.8 Å². The molecule has 0 bridgehead atoms. The van der Waals surface area contributed by atoms with E-state index >= 15 is 0 Å². The highest BCUT2D eigenvalue weighted by Gasteiger charge is 2.38. The third-order valence-electron chi connectivity index (χ3n) is 5.24. The lowest BCUT2D eigenvalue weighted by atomic mass is 9.74. The van der Waals surface area contributed by atoms with E-state index in [1.165, 1.54) is 77.0 Å². The van der Waals surface area contributed by atoms with E-state index in [0.29, 0.717) is 6.61 Å². The van der Waals surface area contributed by atoms with Gasteiger partial charge in [0.15, 0.2) is 0 Å². The Kier molecular flexibility index (Phi) is 21.5. The maximum absolute atomic E-state index is 12.8. The summed E-state index contributed by atoms with van der Waals surface area (Å²) in [5, 5.41) is 7.42. The molecule has 0 saturated heterocycles. The average Bonchev–Trinajstić information content (AvgIpc) is 2.65. The van der Waals surface area contributed by atoms with Gasteiger partial charge in [0.05, 0.1) is 12.0 Å². The van der Waals surface area contributed by atoms with E-state index in [9.17, 15) is 4.79 Å². The fourth-order valence-corrected chi connectivity index (χ4v) is 3.64. The molecule has 1 N–H and O–H groups in total. The van der Waals surface area contributed by atoms with Crippen LogP contribution in [0.1, 0.15) is 131 Å². The van der Waals surface area contributed by atoms with Gasteiger partial charge in [-0.05, 0) is 26.2 Å². The molecule has 0 rings (SSSR count). The van der Waals surface area contributed by atoms with Gasteiger partial charge < -0.3 is 9.84 Å². The van der Waals surface area contributed by atoms with Crippen molar-refractivity contribution in [1.82, 2.24) is 0 Å². The number of hydrogen-bond acceptors (Lipinski definition) is 3. The van der Waals surface area contributed by atoms with Crippen LogP contribution < -0.4 is 0 Å². The number of rotatable bonds is 17. The highest BCUT2D eigenvalue weighted by atomic mass is 16.5. The molecule has 0 aromatic rings. The minimum atomic E-state index is -0.833. The average molecular weight is 401 g/mol. The Hall–Kier alpha value is -1.06. The predicted molar refractivity (Wildman–Crippen MR) is 119 cm³/mol. The van der Waals surface area contributed by atoms with Gasteiger partial charge in [0.2, 0.25) is 0 Å². The normalized spacial score (nSPS) is 10.9. The van der Waals surface area contributed by atoms with E-state index in [-0.39, 0.29) is 11.4 Å². The SMILES string of the molecule is CC(=O)O.CCCCCCC(CCCCCC)(CCCCCC)C(=O)OCC. The topological polar surface area (TPSA) is 63.6 Å². The molecule has 0 aromatic heterocycles. The molecule has 0 heterocycles. The Balaban J connectivity index is 0. The van der Waals surface area contributed by atoms with E-state index in [0.717, 1.165) is 26.2 Å². The molecule has 0 aromatic carbocycles. The minimum Gasteiger partial charge on any atom is -0.481 e. The van der Waals surface area contributed by atoms with Crippen LogP contribution in [0.2, 0.25) is 0 Å². The lowest BCUT2D eigenvalue weighted by Crippen LogP contribution is -2.33. The van der Waals surface area contributed by atoms with Gasteiger partial charge in [0.1, 0.15) is 0 Å². The number of carbonyl (C=O) groups excluding carboxylic acids is 1. The monoisotopic (exact) mass is 400 g/mol. The zero-order valence-corrected chi connectivity index (χ0v) is 19.5. The largest absolute Gasteiger partial charge is 0.481 e. The molecular weight excluding hydrogens is 352 g/mol. The Bertz CT molecular complexity index is 330. The van der Waals surface area contributed by atoms with Crippen LogP contribution in [0.4, 0.5) is 0 Å². The molecule has 168 valence electrons. The Morgan fingerprint density at radius 3 is 1.25 bits per heavy atom. The number of unbranched alkanes of at least 4 members (excludes halogenated alkanes) is 9. The lowest BCUT2D eigenvalue weighted by Gasteiger charge is -2.32. The van der Waals surface area contributed by atoms with Crippen molar-refractivity contribution in [3.05, 3.63) is 0 Å². The predicted octanol–water partition coefficient (Wildman–Crippen LogP) is 7.54. The first-order valence-electron chi connectivity index (χ1n) is 11.8. The summed E-state index contributed by atoms with van der Waals surface area (Å²) in [5.74, 6) is -0.741. The number of hydrogen-bond donors (Lipinski definition) is 1. The first-order valence-corrected chi connectivity index (χ1v) is 11.8. The van der Waals surface area contributed by atoms with Crippen LogP contribution in [0.15, 0.2) is 0 Å². The van der Waals surface area contributed by atoms with Crippen molar-refractivity contribution in [3.8, 4) is 0 Å². The summed E-state index contributed by atoms with van der Waals surface area (Å²) in [7, 11) is 0. The molecule has 0 spiro atoms. The fraction of sp³-hybridized carbons (Fsp3) is 0.917. The number of carbonyl (C=O) groups is 2. The maximum atomic E-state index is 12.8. The summed E-state index contributed by atoms with van der Waals surface area (Å²) in [6.45, 7) is 10.3. The van der Waals surface area contributed by atoms with Gasteiger partial charge >= 0.3 is 5.97 Å². The summed E-state index contributed by atoms with van der Waals surface area (Å²) < 4.78 is 5.54. The first-order chi connectivity index (χ1) is 13.4. The zero-order chi connectivity index (χ0) is 21.7. The number of aliphatic carboxylic acids is 1. The van der Waals surface area contributed by atoms with Gasteiger partial charge in [0, 0.05) is 6.92 Å². The van der Waals surface area contributed by atoms with Crippen molar-refractivity contribution in [1.29, 1.82) is 0 Å². The summed E-state index contributed by atoms with van der Waals surface area (Å²) >= 11 is 0. The van der Waals surface area contributed by atoms with Crippen LogP contribution in [-0.2, 0) is 14.3 Å². The highest BCUT2D eigenvalue weighted by Crippen LogP contribution is 2.38. The lowest BCUT2D eigenvalue weighted by molar-refractivity contribution is -0.157. The van der Waals surface area contributed by atoms with Gasteiger partial charge in [-0.15, -0.1) is 0 Å². The number of carboxylic acid groups (broad SMARTS) is 1. The van der Waals surface area contributed by atoms with Crippen LogP contribution in [0.3, 0.4) is 0 Å². The second-order valence-electron chi connectivity index (χ2n) is 7.95. The number of esters is 1. The smallest absolute Gasteiger partial charge is 0.312 e. The van der Waals surface area contributed by atoms with E-state index < -0.39 is 5.97 Å². The molecule has 0 aliphatic rings. The van der Waals surface area contributed by atoms with Crippen LogP contribution in [0, 0.1) is 5.41 Å². The molecule has 0 fully saturated rings. The molecule has 0 atom stereocenters. The molecule has 4 nitrogen and oxygen atoms in total. The summed E-state index contributed by atoms with van der Waals surface area (Å²) in [5.41, 5.74) is -0.203. The molecular formula is C24H48O4. The highest BCUT2D eigenvalue weighted by molar-refractivity contribution is 5.76. The van der Waals surface area contributed by atoms with Crippen LogP contribution in [-0.4, -0.2) is 23.7 Å². The van der Waals surface area contributed by atoms with E-state index in [4.69, 9.17) is 14.6 Å². The fourth-order valence-electron chi connectivity index (χ4n) is 3.64. The van der Waals surface area contributed by atoms with Crippen molar-refractivity contribution in [2.75, 3.05) is 6.61 Å². The molecule has 4 heteroatoms. The van der Waals surface area contributed by atoms with E-state index in [1.807, 2.05) is 6.92 Å². The van der Waals surface area contributed by atoms with Crippen molar-refractivity contribution in [3.63, 3.8) is 0 Å². The molecule has 0 unspecified atom stereocenters. The van der Waals surface area contributed by atoms with Gasteiger partial charge in [-0.3, -0.25) is 9.59 Å². The van der Waals surface area contributed by atoms with Gasteiger partial charge in [-0.1, -0.05) is 97.8 Å². The number of ether oxygens (including phenoxy) is 1. The molecule has 0 aliphatic heterocycles. The van der Waals surface area contributed by atoms with Crippen molar-refractivity contribution >= 4 is 11.9 Å². The van der Waals surface area contributed by atoms with Crippen molar-refractivity contribution in [2.24, 2.45) is 5.41 Å².